The van der Waals surface area contributed by atoms with Gasteiger partial charge in [0.15, 0.2) is 5.78 Å². The predicted molar refractivity (Wildman–Crippen MR) is 101 cm³/mol. The fraction of sp³-hybridized carbons (Fsp3) is 0.316. The first-order valence-corrected chi connectivity index (χ1v) is 9.51. The summed E-state index contributed by atoms with van der Waals surface area (Å²) in [5.41, 5.74) is 1.57. The lowest BCUT2D eigenvalue weighted by molar-refractivity contribution is 0.0970. The van der Waals surface area contributed by atoms with Crippen molar-refractivity contribution in [1.82, 2.24) is 9.55 Å². The Morgan fingerprint density at radius 1 is 1.36 bits per heavy atom. The van der Waals surface area contributed by atoms with Crippen molar-refractivity contribution in [2.75, 3.05) is 0 Å². The minimum Gasteiger partial charge on any atom is -0.292 e. The number of fused-ring (bicyclic) bond motifs is 3. The summed E-state index contributed by atoms with van der Waals surface area (Å²) in [4.78, 5) is 31.9. The maximum atomic E-state index is 12.9. The summed E-state index contributed by atoms with van der Waals surface area (Å²) in [6.07, 6.45) is 4.52. The van der Waals surface area contributed by atoms with Gasteiger partial charge in [0.1, 0.15) is 4.83 Å². The van der Waals surface area contributed by atoms with E-state index in [1.165, 1.54) is 15.8 Å². The van der Waals surface area contributed by atoms with Crippen LogP contribution in [-0.2, 0) is 19.4 Å². The van der Waals surface area contributed by atoms with Gasteiger partial charge >= 0.3 is 0 Å². The van der Waals surface area contributed by atoms with E-state index < -0.39 is 0 Å². The first-order chi connectivity index (χ1) is 12.0. The van der Waals surface area contributed by atoms with Gasteiger partial charge in [0.25, 0.3) is 5.56 Å². The van der Waals surface area contributed by atoms with Crippen LogP contribution in [0.3, 0.4) is 0 Å². The normalized spacial score (nSPS) is 16.8. The van der Waals surface area contributed by atoms with E-state index in [-0.39, 0.29) is 17.9 Å². The van der Waals surface area contributed by atoms with E-state index in [9.17, 15) is 9.59 Å². The molecule has 2 heterocycles. The number of Topliss-reactive ketones (excluding diaryl/α,β-unsaturated/α-hetero) is 1. The Hall–Kier alpha value is -1.98. The van der Waals surface area contributed by atoms with Crippen molar-refractivity contribution in [1.29, 1.82) is 0 Å². The van der Waals surface area contributed by atoms with Crippen molar-refractivity contribution < 1.29 is 4.79 Å². The molecule has 0 radical (unpaired) electrons. The van der Waals surface area contributed by atoms with Crippen molar-refractivity contribution in [2.45, 2.75) is 32.7 Å². The average molecular weight is 373 g/mol. The van der Waals surface area contributed by atoms with Crippen LogP contribution in [0.1, 0.15) is 34.1 Å². The molecule has 4 nitrogen and oxygen atoms in total. The summed E-state index contributed by atoms with van der Waals surface area (Å²) in [5.74, 6) is 0.520. The van der Waals surface area contributed by atoms with Crippen LogP contribution in [0.5, 0.6) is 0 Å². The topological polar surface area (TPSA) is 52.0 Å². The maximum absolute atomic E-state index is 12.9. The molecule has 0 unspecified atom stereocenters. The van der Waals surface area contributed by atoms with Crippen LogP contribution >= 0.6 is 22.9 Å². The molecular formula is C19H17ClN2O2S. The van der Waals surface area contributed by atoms with Gasteiger partial charge in [0.05, 0.1) is 18.3 Å². The molecule has 0 bridgehead atoms. The number of thiophene rings is 1. The Balaban J connectivity index is 1.71. The van der Waals surface area contributed by atoms with Gasteiger partial charge in [-0.1, -0.05) is 18.5 Å². The molecule has 128 valence electrons. The number of hydrogen-bond donors (Lipinski definition) is 0. The van der Waals surface area contributed by atoms with Crippen molar-refractivity contribution in [3.63, 3.8) is 0 Å². The summed E-state index contributed by atoms with van der Waals surface area (Å²) in [7, 11) is 0. The van der Waals surface area contributed by atoms with Crippen LogP contribution in [0.4, 0.5) is 0 Å². The Kier molecular flexibility index (Phi) is 4.21. The van der Waals surface area contributed by atoms with E-state index in [4.69, 9.17) is 11.6 Å². The van der Waals surface area contributed by atoms with Crippen LogP contribution in [0.15, 0.2) is 35.4 Å². The van der Waals surface area contributed by atoms with Crippen LogP contribution in [0.25, 0.3) is 10.2 Å². The molecule has 2 aromatic heterocycles. The van der Waals surface area contributed by atoms with Crippen LogP contribution < -0.4 is 5.56 Å². The van der Waals surface area contributed by atoms with Crippen LogP contribution in [-0.4, -0.2) is 15.3 Å². The third-order valence-electron chi connectivity index (χ3n) is 4.76. The highest BCUT2D eigenvalue weighted by molar-refractivity contribution is 7.18. The zero-order valence-electron chi connectivity index (χ0n) is 13.8. The summed E-state index contributed by atoms with van der Waals surface area (Å²) >= 11 is 7.48. The minimum absolute atomic E-state index is 0.00950. The number of rotatable bonds is 3. The smallest absolute Gasteiger partial charge is 0.262 e. The number of hydrogen-bond acceptors (Lipinski definition) is 4. The Morgan fingerprint density at radius 3 is 2.88 bits per heavy atom. The summed E-state index contributed by atoms with van der Waals surface area (Å²) in [6.45, 7) is 2.23. The lowest BCUT2D eigenvalue weighted by Crippen LogP contribution is -2.25. The SMILES string of the molecule is C[C@@H]1CCc2c(sc3ncn(CC(=O)c4ccc(Cl)cc4)c(=O)c23)C1. The van der Waals surface area contributed by atoms with Crippen molar-refractivity contribution in [2.24, 2.45) is 5.92 Å². The molecule has 0 aliphatic heterocycles. The zero-order chi connectivity index (χ0) is 17.6. The number of halogens is 1. The van der Waals surface area contributed by atoms with E-state index in [0.29, 0.717) is 21.9 Å². The summed E-state index contributed by atoms with van der Waals surface area (Å²) in [6, 6.07) is 6.70. The number of benzene rings is 1. The second-order valence-electron chi connectivity index (χ2n) is 6.64. The minimum atomic E-state index is -0.127. The van der Waals surface area contributed by atoms with E-state index in [1.54, 1.807) is 35.6 Å². The molecule has 4 rings (SSSR count). The first-order valence-electron chi connectivity index (χ1n) is 8.31. The number of aryl methyl sites for hydroxylation is 1. The van der Waals surface area contributed by atoms with Gasteiger partial charge in [-0.05, 0) is 55.0 Å². The van der Waals surface area contributed by atoms with E-state index >= 15 is 0 Å². The van der Waals surface area contributed by atoms with Gasteiger partial charge in [-0.15, -0.1) is 11.3 Å². The summed E-state index contributed by atoms with van der Waals surface area (Å²) < 4.78 is 1.42. The molecule has 1 atom stereocenters. The number of carbonyl (C=O) groups excluding carboxylic acids is 1. The molecule has 3 aromatic rings. The molecule has 6 heteroatoms. The van der Waals surface area contributed by atoms with Gasteiger partial charge < -0.3 is 0 Å². The number of aromatic nitrogens is 2. The van der Waals surface area contributed by atoms with E-state index in [0.717, 1.165) is 29.7 Å². The zero-order valence-corrected chi connectivity index (χ0v) is 15.4. The van der Waals surface area contributed by atoms with Gasteiger partial charge in [-0.2, -0.15) is 0 Å². The van der Waals surface area contributed by atoms with E-state index in [2.05, 4.69) is 11.9 Å². The average Bonchev–Trinajstić information content (AvgIpc) is 2.96. The van der Waals surface area contributed by atoms with Crippen LogP contribution in [0, 0.1) is 5.92 Å². The van der Waals surface area contributed by atoms with Gasteiger partial charge in [0.2, 0.25) is 0 Å². The van der Waals surface area contributed by atoms with E-state index in [1.807, 2.05) is 0 Å². The van der Waals surface area contributed by atoms with Crippen molar-refractivity contribution >= 4 is 38.9 Å². The third kappa shape index (κ3) is 3.02. The van der Waals surface area contributed by atoms with Gasteiger partial charge in [-0.25, -0.2) is 4.98 Å². The fourth-order valence-electron chi connectivity index (χ4n) is 3.36. The molecule has 1 aliphatic carbocycles. The fourth-order valence-corrected chi connectivity index (χ4v) is 4.83. The second kappa shape index (κ2) is 6.39. The number of nitrogens with zero attached hydrogens (tertiary/aromatic N) is 2. The molecule has 25 heavy (non-hydrogen) atoms. The molecular weight excluding hydrogens is 356 g/mol. The highest BCUT2D eigenvalue weighted by Crippen LogP contribution is 2.35. The van der Waals surface area contributed by atoms with Gasteiger partial charge in [0, 0.05) is 15.5 Å². The molecule has 0 spiro atoms. The van der Waals surface area contributed by atoms with Crippen LogP contribution in [0.2, 0.25) is 5.02 Å². The lowest BCUT2D eigenvalue weighted by Gasteiger charge is -2.17. The van der Waals surface area contributed by atoms with Gasteiger partial charge in [-0.3, -0.25) is 14.2 Å². The number of carbonyl (C=O) groups is 1. The lowest BCUT2D eigenvalue weighted by atomic mass is 9.89. The third-order valence-corrected chi connectivity index (χ3v) is 6.18. The maximum Gasteiger partial charge on any atom is 0.262 e. The molecule has 0 fully saturated rings. The Bertz CT molecular complexity index is 1020. The highest BCUT2D eigenvalue weighted by atomic mass is 35.5. The quantitative estimate of drug-likeness (QED) is 0.650. The Morgan fingerprint density at radius 2 is 2.12 bits per heavy atom. The number of ketones is 1. The Labute approximate surface area is 154 Å². The first kappa shape index (κ1) is 16.5. The largest absolute Gasteiger partial charge is 0.292 e. The highest BCUT2D eigenvalue weighted by Gasteiger charge is 2.23. The second-order valence-corrected chi connectivity index (χ2v) is 8.16. The molecule has 0 saturated carbocycles. The van der Waals surface area contributed by atoms with Crippen molar-refractivity contribution in [3.05, 3.63) is 62.0 Å². The molecule has 1 aromatic carbocycles. The monoisotopic (exact) mass is 372 g/mol. The molecule has 0 saturated heterocycles. The standard InChI is InChI=1S/C19H17ClN2O2S/c1-11-2-7-14-16(8-11)25-18-17(14)19(24)22(10-21-18)9-15(23)12-3-5-13(20)6-4-12/h3-6,10-11H,2,7-9H2,1H3/t11-/m1/s1. The predicted octanol–water partition coefficient (Wildman–Crippen LogP) is 4.12. The summed E-state index contributed by atoms with van der Waals surface area (Å²) in [5, 5.41) is 1.29. The molecule has 0 amide bonds. The molecule has 0 N–H and O–H groups in total. The molecule has 1 aliphatic rings. The van der Waals surface area contributed by atoms with Crippen molar-refractivity contribution in [3.8, 4) is 0 Å².